The van der Waals surface area contributed by atoms with Gasteiger partial charge in [-0.3, -0.25) is 9.59 Å². The Kier molecular flexibility index (Phi) is 5.18. The molecule has 6 nitrogen and oxygen atoms in total. The van der Waals surface area contributed by atoms with Crippen LogP contribution in [0, 0.1) is 0 Å². The van der Waals surface area contributed by atoms with Crippen LogP contribution in [0.25, 0.3) is 0 Å². The van der Waals surface area contributed by atoms with E-state index in [1.54, 1.807) is 43.3 Å². The van der Waals surface area contributed by atoms with Crippen molar-refractivity contribution in [1.29, 1.82) is 0 Å². The van der Waals surface area contributed by atoms with Crippen molar-refractivity contribution < 1.29 is 19.1 Å². The van der Waals surface area contributed by atoms with Crippen LogP contribution in [0.4, 0.5) is 5.69 Å². The SMILES string of the molecule is CCC(=O)N(N=C1Sc2ccccc2C1=O)c1ccc(C(=O)OC)cc1. The lowest BCUT2D eigenvalue weighted by Crippen LogP contribution is -2.26. The molecule has 7 heteroatoms. The van der Waals surface area contributed by atoms with Gasteiger partial charge in [0, 0.05) is 16.9 Å². The van der Waals surface area contributed by atoms with Gasteiger partial charge in [0.1, 0.15) is 0 Å². The predicted molar refractivity (Wildman–Crippen MR) is 99.6 cm³/mol. The first kappa shape index (κ1) is 17.9. The second-order valence-electron chi connectivity index (χ2n) is 5.43. The Morgan fingerprint density at radius 1 is 1.12 bits per heavy atom. The molecule has 2 aromatic carbocycles. The van der Waals surface area contributed by atoms with Crippen molar-refractivity contribution in [3.8, 4) is 0 Å². The summed E-state index contributed by atoms with van der Waals surface area (Å²) in [4.78, 5) is 37.2. The number of nitrogens with zero attached hydrogens (tertiary/aromatic N) is 2. The van der Waals surface area contributed by atoms with Gasteiger partial charge in [0.25, 0.3) is 0 Å². The minimum absolute atomic E-state index is 0.203. The zero-order valence-electron chi connectivity index (χ0n) is 14.3. The second-order valence-corrected chi connectivity index (χ2v) is 6.46. The van der Waals surface area contributed by atoms with E-state index < -0.39 is 5.97 Å². The lowest BCUT2D eigenvalue weighted by molar-refractivity contribution is -0.118. The number of carbonyl (C=O) groups excluding carboxylic acids is 3. The summed E-state index contributed by atoms with van der Waals surface area (Å²) in [7, 11) is 1.30. The molecule has 132 valence electrons. The molecule has 0 N–H and O–H groups in total. The highest BCUT2D eigenvalue weighted by molar-refractivity contribution is 8.16. The minimum atomic E-state index is -0.465. The van der Waals surface area contributed by atoms with Crippen LogP contribution in [0.2, 0.25) is 0 Å². The molecule has 0 radical (unpaired) electrons. The number of hydrazone groups is 1. The molecule has 1 heterocycles. The molecular weight excluding hydrogens is 352 g/mol. The Balaban J connectivity index is 1.94. The highest BCUT2D eigenvalue weighted by Gasteiger charge is 2.29. The number of benzene rings is 2. The molecule has 26 heavy (non-hydrogen) atoms. The molecule has 0 saturated heterocycles. The van der Waals surface area contributed by atoms with Gasteiger partial charge in [0.05, 0.1) is 18.4 Å². The highest BCUT2D eigenvalue weighted by Crippen LogP contribution is 2.34. The number of methoxy groups -OCH3 is 1. The van der Waals surface area contributed by atoms with Gasteiger partial charge in [-0.25, -0.2) is 4.79 Å². The van der Waals surface area contributed by atoms with Gasteiger partial charge < -0.3 is 4.74 Å². The van der Waals surface area contributed by atoms with Crippen LogP contribution in [-0.2, 0) is 9.53 Å². The second kappa shape index (κ2) is 7.53. The molecule has 0 saturated carbocycles. The van der Waals surface area contributed by atoms with E-state index in [0.717, 1.165) is 4.90 Å². The number of hydrogen-bond donors (Lipinski definition) is 0. The van der Waals surface area contributed by atoms with Crippen molar-refractivity contribution in [3.05, 3.63) is 59.7 Å². The van der Waals surface area contributed by atoms with Crippen LogP contribution >= 0.6 is 11.8 Å². The van der Waals surface area contributed by atoms with Crippen LogP contribution in [0.1, 0.15) is 34.1 Å². The smallest absolute Gasteiger partial charge is 0.337 e. The standard InChI is InChI=1S/C19H16N2O4S/c1-3-16(22)21(13-10-8-12(9-11-13)19(24)25-2)20-18-17(23)14-6-4-5-7-15(14)26-18/h4-11H,3H2,1-2H3. The summed E-state index contributed by atoms with van der Waals surface area (Å²) in [5.74, 6) is -0.924. The molecule has 1 amide bonds. The van der Waals surface area contributed by atoms with Gasteiger partial charge in [-0.05, 0) is 36.4 Å². The van der Waals surface area contributed by atoms with E-state index in [0.29, 0.717) is 16.8 Å². The Morgan fingerprint density at radius 2 is 1.81 bits per heavy atom. The van der Waals surface area contributed by atoms with Gasteiger partial charge in [-0.15, -0.1) is 0 Å². The summed E-state index contributed by atoms with van der Waals surface area (Å²) >= 11 is 1.24. The third-order valence-electron chi connectivity index (χ3n) is 3.80. The van der Waals surface area contributed by atoms with Crippen LogP contribution in [0.5, 0.6) is 0 Å². The highest BCUT2D eigenvalue weighted by atomic mass is 32.2. The maximum Gasteiger partial charge on any atom is 0.337 e. The molecule has 0 bridgehead atoms. The van der Waals surface area contributed by atoms with Crippen LogP contribution < -0.4 is 5.01 Å². The lowest BCUT2D eigenvalue weighted by Gasteiger charge is -2.17. The fourth-order valence-corrected chi connectivity index (χ4v) is 3.38. The number of ketones is 1. The fraction of sp³-hybridized carbons (Fsp3) is 0.158. The molecule has 0 unspecified atom stereocenters. The van der Waals surface area contributed by atoms with Crippen LogP contribution in [0.15, 0.2) is 58.5 Å². The van der Waals surface area contributed by atoms with Gasteiger partial charge in [0.2, 0.25) is 11.7 Å². The average molecular weight is 368 g/mol. The van der Waals surface area contributed by atoms with Crippen molar-refractivity contribution >= 4 is 40.2 Å². The van der Waals surface area contributed by atoms with E-state index in [1.165, 1.54) is 23.9 Å². The summed E-state index contributed by atoms with van der Waals surface area (Å²) in [6, 6.07) is 13.5. The van der Waals surface area contributed by atoms with Crippen molar-refractivity contribution in [2.45, 2.75) is 18.2 Å². The summed E-state index contributed by atoms with van der Waals surface area (Å²) in [6.45, 7) is 1.72. The van der Waals surface area contributed by atoms with E-state index >= 15 is 0 Å². The number of Topliss-reactive ketones (excluding diaryl/α,β-unsaturated/α-hetero) is 1. The Hall–Kier alpha value is -2.93. The van der Waals surface area contributed by atoms with Crippen molar-refractivity contribution in [3.63, 3.8) is 0 Å². The fourth-order valence-electron chi connectivity index (χ4n) is 2.43. The number of fused-ring (bicyclic) bond motifs is 1. The van der Waals surface area contributed by atoms with E-state index in [2.05, 4.69) is 9.84 Å². The molecule has 1 aliphatic heterocycles. The summed E-state index contributed by atoms with van der Waals surface area (Å²) in [5.41, 5.74) is 1.43. The van der Waals surface area contributed by atoms with Crippen LogP contribution in [0.3, 0.4) is 0 Å². The topological polar surface area (TPSA) is 76.0 Å². The summed E-state index contributed by atoms with van der Waals surface area (Å²) < 4.78 is 4.67. The molecule has 2 aromatic rings. The maximum atomic E-state index is 12.5. The lowest BCUT2D eigenvalue weighted by atomic mass is 10.1. The number of carbonyl (C=O) groups is 3. The molecule has 0 fully saturated rings. The number of hydrogen-bond acceptors (Lipinski definition) is 6. The number of amides is 1. The largest absolute Gasteiger partial charge is 0.465 e. The van der Waals surface area contributed by atoms with Gasteiger partial charge in [-0.2, -0.15) is 10.1 Å². The molecule has 0 atom stereocenters. The first-order valence-electron chi connectivity index (χ1n) is 7.96. The third kappa shape index (κ3) is 3.39. The average Bonchev–Trinajstić information content (AvgIpc) is 3.01. The maximum absolute atomic E-state index is 12.5. The monoisotopic (exact) mass is 368 g/mol. The number of ether oxygens (including phenoxy) is 1. The van der Waals surface area contributed by atoms with Gasteiger partial charge in [0.15, 0.2) is 5.04 Å². The zero-order valence-corrected chi connectivity index (χ0v) is 15.1. The summed E-state index contributed by atoms with van der Waals surface area (Å²) in [6.07, 6.45) is 0.224. The molecule has 0 aromatic heterocycles. The summed E-state index contributed by atoms with van der Waals surface area (Å²) in [5, 5.41) is 5.75. The third-order valence-corrected chi connectivity index (χ3v) is 4.83. The van der Waals surface area contributed by atoms with Crippen molar-refractivity contribution in [1.82, 2.24) is 0 Å². The van der Waals surface area contributed by atoms with Gasteiger partial charge in [-0.1, -0.05) is 30.8 Å². The predicted octanol–water partition coefficient (Wildman–Crippen LogP) is 3.52. The van der Waals surface area contributed by atoms with E-state index in [1.807, 2.05) is 12.1 Å². The van der Waals surface area contributed by atoms with Crippen LogP contribution in [-0.4, -0.2) is 29.8 Å². The normalized spacial score (nSPS) is 14.2. The van der Waals surface area contributed by atoms with E-state index in [4.69, 9.17) is 0 Å². The van der Waals surface area contributed by atoms with Crippen molar-refractivity contribution in [2.75, 3.05) is 12.1 Å². The zero-order chi connectivity index (χ0) is 18.7. The molecule has 3 rings (SSSR count). The first-order valence-corrected chi connectivity index (χ1v) is 8.78. The van der Waals surface area contributed by atoms with E-state index in [-0.39, 0.29) is 23.2 Å². The van der Waals surface area contributed by atoms with Crippen molar-refractivity contribution in [2.24, 2.45) is 5.10 Å². The molecule has 0 aliphatic carbocycles. The van der Waals surface area contributed by atoms with Gasteiger partial charge >= 0.3 is 5.97 Å². The Bertz CT molecular complexity index is 906. The number of esters is 1. The number of rotatable bonds is 4. The number of thioether (sulfide) groups is 1. The first-order chi connectivity index (χ1) is 12.5. The minimum Gasteiger partial charge on any atom is -0.465 e. The molecule has 0 spiro atoms. The Labute approximate surface area is 154 Å². The van der Waals surface area contributed by atoms with E-state index in [9.17, 15) is 14.4 Å². The molecular formula is C19H16N2O4S. The Morgan fingerprint density at radius 3 is 2.42 bits per heavy atom. The molecule has 1 aliphatic rings. The number of anilines is 1. The quantitative estimate of drug-likeness (QED) is 0.610.